The molecule has 0 aliphatic heterocycles. The number of benzene rings is 8. The average Bonchev–Trinajstić information content (AvgIpc) is 3.65. The van der Waals surface area contributed by atoms with Gasteiger partial charge in [-0.15, -0.1) is 0 Å². The van der Waals surface area contributed by atoms with Crippen LogP contribution in [-0.2, 0) is 5.41 Å². The first-order valence-corrected chi connectivity index (χ1v) is 17.5. The van der Waals surface area contributed by atoms with Crippen LogP contribution in [0.15, 0.2) is 176 Å². The van der Waals surface area contributed by atoms with Crippen molar-refractivity contribution in [2.24, 2.45) is 0 Å². The number of nitrogens with zero attached hydrogens (tertiary/aromatic N) is 1. The third-order valence-electron chi connectivity index (χ3n) is 10.9. The fourth-order valence-corrected chi connectivity index (χ4v) is 8.65. The van der Waals surface area contributed by atoms with Gasteiger partial charge in [-0.2, -0.15) is 0 Å². The third kappa shape index (κ3) is 4.20. The summed E-state index contributed by atoms with van der Waals surface area (Å²) in [6.07, 6.45) is 0. The Morgan fingerprint density at radius 2 is 0.920 bits per heavy atom. The second kappa shape index (κ2) is 10.9. The monoisotopic (exact) mass is 637 g/mol. The predicted molar refractivity (Wildman–Crippen MR) is 212 cm³/mol. The van der Waals surface area contributed by atoms with Crippen LogP contribution in [0, 0.1) is 0 Å². The first kappa shape index (κ1) is 28.8. The largest absolute Gasteiger partial charge is 0.309 e. The van der Waals surface area contributed by atoms with Crippen LogP contribution in [0.3, 0.4) is 0 Å². The van der Waals surface area contributed by atoms with Crippen LogP contribution >= 0.6 is 0 Å². The van der Waals surface area contributed by atoms with Crippen molar-refractivity contribution in [1.29, 1.82) is 0 Å². The lowest BCUT2D eigenvalue weighted by Gasteiger charge is -2.24. The highest BCUT2D eigenvalue weighted by molar-refractivity contribution is 6.27. The van der Waals surface area contributed by atoms with Crippen molar-refractivity contribution in [1.82, 2.24) is 4.57 Å². The van der Waals surface area contributed by atoms with E-state index in [2.05, 4.69) is 194 Å². The van der Waals surface area contributed by atoms with E-state index < -0.39 is 0 Å². The molecule has 9 aromatic rings. The van der Waals surface area contributed by atoms with Crippen LogP contribution in [0.25, 0.3) is 82.8 Å². The zero-order valence-corrected chi connectivity index (χ0v) is 28.2. The number of rotatable bonds is 4. The second-order valence-corrected chi connectivity index (χ2v) is 14.1. The van der Waals surface area contributed by atoms with Gasteiger partial charge in [-0.25, -0.2) is 0 Å². The Bertz CT molecular complexity index is 2690. The van der Waals surface area contributed by atoms with E-state index in [1.54, 1.807) is 0 Å². The third-order valence-corrected chi connectivity index (χ3v) is 10.9. The molecule has 1 heterocycles. The summed E-state index contributed by atoms with van der Waals surface area (Å²) in [5, 5.41) is 5.27. The first-order chi connectivity index (χ1) is 24.6. The van der Waals surface area contributed by atoms with Gasteiger partial charge in [0.25, 0.3) is 0 Å². The van der Waals surface area contributed by atoms with Gasteiger partial charge in [0.2, 0.25) is 0 Å². The summed E-state index contributed by atoms with van der Waals surface area (Å²) >= 11 is 0. The van der Waals surface area contributed by atoms with Gasteiger partial charge in [0.1, 0.15) is 0 Å². The number of hydrogen-bond acceptors (Lipinski definition) is 0. The molecule has 0 spiro atoms. The summed E-state index contributed by atoms with van der Waals surface area (Å²) in [4.78, 5) is 0. The summed E-state index contributed by atoms with van der Waals surface area (Å²) in [6.45, 7) is 4.81. The SMILES string of the molecule is CC1(C)c2ccccc2-c2c1c1c(c3ccccc23)c2ccccc2n1-c1ccc(-c2cc(-c3ccccc3)cc(-c3ccccc3)c2)cc1. The fourth-order valence-electron chi connectivity index (χ4n) is 8.65. The number of fused-ring (bicyclic) bond motifs is 10. The fraction of sp³-hybridized carbons (Fsp3) is 0.0612. The molecule has 0 saturated carbocycles. The summed E-state index contributed by atoms with van der Waals surface area (Å²) in [7, 11) is 0. The van der Waals surface area contributed by atoms with Crippen molar-refractivity contribution in [3.63, 3.8) is 0 Å². The van der Waals surface area contributed by atoms with Crippen LogP contribution in [-0.4, -0.2) is 4.57 Å². The van der Waals surface area contributed by atoms with Crippen LogP contribution in [0.1, 0.15) is 25.0 Å². The first-order valence-electron chi connectivity index (χ1n) is 17.5. The van der Waals surface area contributed by atoms with Crippen molar-refractivity contribution in [2.45, 2.75) is 19.3 Å². The van der Waals surface area contributed by atoms with E-state index in [0.29, 0.717) is 0 Å². The van der Waals surface area contributed by atoms with Gasteiger partial charge in [0, 0.05) is 21.9 Å². The maximum absolute atomic E-state index is 2.53. The van der Waals surface area contributed by atoms with Gasteiger partial charge in [-0.1, -0.05) is 153 Å². The molecule has 10 rings (SSSR count). The van der Waals surface area contributed by atoms with E-state index in [1.807, 2.05) is 0 Å². The zero-order valence-electron chi connectivity index (χ0n) is 28.2. The summed E-state index contributed by atoms with van der Waals surface area (Å²) in [5.41, 5.74) is 16.4. The molecule has 0 N–H and O–H groups in total. The molecule has 1 nitrogen and oxygen atoms in total. The van der Waals surface area contributed by atoms with E-state index in [9.17, 15) is 0 Å². The number of para-hydroxylation sites is 1. The Morgan fingerprint density at radius 1 is 0.420 bits per heavy atom. The topological polar surface area (TPSA) is 4.93 Å². The maximum Gasteiger partial charge on any atom is 0.0594 e. The van der Waals surface area contributed by atoms with Crippen molar-refractivity contribution in [3.05, 3.63) is 187 Å². The van der Waals surface area contributed by atoms with Crippen LogP contribution in [0.5, 0.6) is 0 Å². The smallest absolute Gasteiger partial charge is 0.0594 e. The molecular weight excluding hydrogens is 603 g/mol. The molecule has 0 atom stereocenters. The van der Waals surface area contributed by atoms with E-state index >= 15 is 0 Å². The molecule has 50 heavy (non-hydrogen) atoms. The average molecular weight is 638 g/mol. The van der Waals surface area contributed by atoms with E-state index in [-0.39, 0.29) is 5.41 Å². The molecule has 236 valence electrons. The molecule has 0 amide bonds. The molecule has 0 saturated heterocycles. The molecule has 0 bridgehead atoms. The molecule has 1 heteroatoms. The number of hydrogen-bond donors (Lipinski definition) is 0. The van der Waals surface area contributed by atoms with Crippen LogP contribution in [0.2, 0.25) is 0 Å². The van der Waals surface area contributed by atoms with Gasteiger partial charge in [-0.3, -0.25) is 0 Å². The minimum atomic E-state index is -0.161. The highest BCUT2D eigenvalue weighted by Gasteiger charge is 2.40. The van der Waals surface area contributed by atoms with Crippen molar-refractivity contribution in [2.75, 3.05) is 0 Å². The van der Waals surface area contributed by atoms with Gasteiger partial charge >= 0.3 is 0 Å². The summed E-state index contributed by atoms with van der Waals surface area (Å²) in [5.74, 6) is 0. The summed E-state index contributed by atoms with van der Waals surface area (Å²) in [6, 6.07) is 64.6. The van der Waals surface area contributed by atoms with Gasteiger partial charge in [0.05, 0.1) is 11.0 Å². The maximum atomic E-state index is 2.53. The minimum absolute atomic E-state index is 0.161. The second-order valence-electron chi connectivity index (χ2n) is 14.1. The standard InChI is InChI=1S/C49H35N/c1-49(2)43-23-13-11-21-41(43)45-39-19-9-10-20-40(39)46-42-22-12-14-24-44(42)50(48(46)47(45)49)38-27-25-34(26-28-38)37-30-35(32-15-5-3-6-16-32)29-36(31-37)33-17-7-4-8-18-33/h3-31H,1-2H3. The highest BCUT2D eigenvalue weighted by Crippen LogP contribution is 2.56. The lowest BCUT2D eigenvalue weighted by molar-refractivity contribution is 0.664. The van der Waals surface area contributed by atoms with E-state index in [1.165, 1.54) is 93.9 Å². The lowest BCUT2D eigenvalue weighted by Crippen LogP contribution is -2.16. The van der Waals surface area contributed by atoms with E-state index in [0.717, 1.165) is 0 Å². The van der Waals surface area contributed by atoms with Crippen molar-refractivity contribution < 1.29 is 0 Å². The van der Waals surface area contributed by atoms with Crippen LogP contribution in [0.4, 0.5) is 0 Å². The molecular formula is C49H35N. The van der Waals surface area contributed by atoms with E-state index in [4.69, 9.17) is 0 Å². The Balaban J connectivity index is 1.22. The van der Waals surface area contributed by atoms with Crippen LogP contribution < -0.4 is 0 Å². The van der Waals surface area contributed by atoms with Crippen molar-refractivity contribution in [3.8, 4) is 50.2 Å². The Labute approximate surface area is 292 Å². The quantitative estimate of drug-likeness (QED) is 0.181. The lowest BCUT2D eigenvalue weighted by atomic mass is 9.80. The van der Waals surface area contributed by atoms with Gasteiger partial charge in [-0.05, 0) is 103 Å². The van der Waals surface area contributed by atoms with Gasteiger partial charge in [0.15, 0.2) is 0 Å². The molecule has 1 aromatic heterocycles. The van der Waals surface area contributed by atoms with Gasteiger partial charge < -0.3 is 4.57 Å². The Kier molecular flexibility index (Phi) is 6.29. The zero-order chi connectivity index (χ0) is 33.4. The highest BCUT2D eigenvalue weighted by atomic mass is 15.0. The van der Waals surface area contributed by atoms with Crippen molar-refractivity contribution >= 4 is 32.6 Å². The molecule has 1 aliphatic carbocycles. The molecule has 0 radical (unpaired) electrons. The molecule has 0 unspecified atom stereocenters. The molecule has 1 aliphatic rings. The summed E-state index contributed by atoms with van der Waals surface area (Å²) < 4.78 is 2.53. The number of aromatic nitrogens is 1. The predicted octanol–water partition coefficient (Wildman–Crippen LogP) is 13.2. The Morgan fingerprint density at radius 3 is 1.56 bits per heavy atom. The minimum Gasteiger partial charge on any atom is -0.309 e. The molecule has 8 aromatic carbocycles. The Hall–Kier alpha value is -6.18. The normalized spacial score (nSPS) is 13.2. The molecule has 0 fully saturated rings.